The Kier molecular flexibility index (Phi) is 4.50. The second-order valence-corrected chi connectivity index (χ2v) is 4.50. The molecular formula is C13H15ClFN3O. The average molecular weight is 284 g/mol. The van der Waals surface area contributed by atoms with Gasteiger partial charge in [-0.2, -0.15) is 0 Å². The summed E-state index contributed by atoms with van der Waals surface area (Å²) in [6.07, 6.45) is 0. The monoisotopic (exact) mass is 283 g/mol. The Balaban J connectivity index is 2.45. The van der Waals surface area contributed by atoms with Gasteiger partial charge in [0, 0.05) is 19.2 Å². The Morgan fingerprint density at radius 1 is 1.32 bits per heavy atom. The van der Waals surface area contributed by atoms with Crippen molar-refractivity contribution in [1.82, 2.24) is 14.8 Å². The van der Waals surface area contributed by atoms with E-state index in [1.54, 1.807) is 7.11 Å². The van der Waals surface area contributed by atoms with E-state index < -0.39 is 0 Å². The summed E-state index contributed by atoms with van der Waals surface area (Å²) in [4.78, 5) is 0. The van der Waals surface area contributed by atoms with Gasteiger partial charge < -0.3 is 9.30 Å². The summed E-state index contributed by atoms with van der Waals surface area (Å²) in [5.41, 5.74) is 1.53. The molecule has 0 fully saturated rings. The average Bonchev–Trinajstić information content (AvgIpc) is 2.77. The number of benzene rings is 1. The summed E-state index contributed by atoms with van der Waals surface area (Å²) in [5, 5.41) is 8.12. The molecule has 6 heteroatoms. The van der Waals surface area contributed by atoms with E-state index in [1.165, 1.54) is 12.1 Å². The SMILES string of the molecule is COCCn1c(CCl)nnc1-c1cc(C)cc(F)c1. The fraction of sp³-hybridized carbons (Fsp3) is 0.385. The molecule has 0 spiro atoms. The number of aromatic nitrogens is 3. The first kappa shape index (κ1) is 14.0. The molecule has 0 aliphatic heterocycles. The van der Waals surface area contributed by atoms with Crippen molar-refractivity contribution in [3.63, 3.8) is 0 Å². The zero-order chi connectivity index (χ0) is 13.8. The van der Waals surface area contributed by atoms with E-state index in [-0.39, 0.29) is 11.7 Å². The lowest BCUT2D eigenvalue weighted by molar-refractivity contribution is 0.187. The summed E-state index contributed by atoms with van der Waals surface area (Å²) >= 11 is 5.84. The molecule has 0 amide bonds. The number of methoxy groups -OCH3 is 1. The van der Waals surface area contributed by atoms with Crippen LogP contribution in [0.3, 0.4) is 0 Å². The van der Waals surface area contributed by atoms with Gasteiger partial charge in [0.25, 0.3) is 0 Å². The van der Waals surface area contributed by atoms with Crippen LogP contribution in [0.4, 0.5) is 4.39 Å². The van der Waals surface area contributed by atoms with E-state index in [2.05, 4.69) is 10.2 Å². The van der Waals surface area contributed by atoms with Crippen molar-refractivity contribution in [2.45, 2.75) is 19.3 Å². The Morgan fingerprint density at radius 2 is 2.11 bits per heavy atom. The van der Waals surface area contributed by atoms with Crippen molar-refractivity contribution in [1.29, 1.82) is 0 Å². The molecule has 0 saturated carbocycles. The summed E-state index contributed by atoms with van der Waals surface area (Å²) in [7, 11) is 1.62. The molecule has 102 valence electrons. The van der Waals surface area contributed by atoms with Gasteiger partial charge in [0.15, 0.2) is 5.82 Å². The highest BCUT2D eigenvalue weighted by Crippen LogP contribution is 2.21. The molecule has 0 unspecified atom stereocenters. The van der Waals surface area contributed by atoms with E-state index in [4.69, 9.17) is 16.3 Å². The lowest BCUT2D eigenvalue weighted by Crippen LogP contribution is -2.09. The van der Waals surface area contributed by atoms with Crippen LogP contribution in [0.15, 0.2) is 18.2 Å². The van der Waals surface area contributed by atoms with Gasteiger partial charge in [-0.05, 0) is 30.7 Å². The maximum absolute atomic E-state index is 13.5. The van der Waals surface area contributed by atoms with Gasteiger partial charge >= 0.3 is 0 Å². The molecule has 1 heterocycles. The topological polar surface area (TPSA) is 39.9 Å². The van der Waals surface area contributed by atoms with E-state index >= 15 is 0 Å². The molecule has 0 aliphatic carbocycles. The minimum atomic E-state index is -0.288. The first-order valence-corrected chi connectivity index (χ1v) is 6.43. The highest BCUT2D eigenvalue weighted by molar-refractivity contribution is 6.16. The molecule has 1 aromatic carbocycles. The fourth-order valence-electron chi connectivity index (χ4n) is 1.93. The van der Waals surface area contributed by atoms with Crippen LogP contribution in [0.1, 0.15) is 11.4 Å². The number of nitrogens with zero attached hydrogens (tertiary/aromatic N) is 3. The third kappa shape index (κ3) is 3.11. The quantitative estimate of drug-likeness (QED) is 0.792. The first-order valence-electron chi connectivity index (χ1n) is 5.90. The third-order valence-corrected chi connectivity index (χ3v) is 3.01. The van der Waals surface area contributed by atoms with Crippen LogP contribution in [-0.4, -0.2) is 28.5 Å². The Morgan fingerprint density at radius 3 is 2.74 bits per heavy atom. The van der Waals surface area contributed by atoms with Crippen LogP contribution in [0, 0.1) is 12.7 Å². The van der Waals surface area contributed by atoms with Crippen LogP contribution in [0.5, 0.6) is 0 Å². The normalized spacial score (nSPS) is 10.9. The lowest BCUT2D eigenvalue weighted by Gasteiger charge is -2.09. The van der Waals surface area contributed by atoms with Gasteiger partial charge in [0.05, 0.1) is 12.5 Å². The minimum absolute atomic E-state index is 0.255. The molecule has 1 aromatic heterocycles. The van der Waals surface area contributed by atoms with Crippen LogP contribution < -0.4 is 0 Å². The molecule has 0 radical (unpaired) electrons. The van der Waals surface area contributed by atoms with Gasteiger partial charge in [0.1, 0.15) is 11.6 Å². The summed E-state index contributed by atoms with van der Waals surface area (Å²) in [5.74, 6) is 1.22. The van der Waals surface area contributed by atoms with Crippen molar-refractivity contribution in [3.05, 3.63) is 35.4 Å². The summed E-state index contributed by atoms with van der Waals surface area (Å²) in [6.45, 7) is 2.94. The molecular weight excluding hydrogens is 269 g/mol. The van der Waals surface area contributed by atoms with Crippen LogP contribution in [0.25, 0.3) is 11.4 Å². The van der Waals surface area contributed by atoms with Crippen LogP contribution in [-0.2, 0) is 17.2 Å². The Bertz CT molecular complexity index is 551. The number of ether oxygens (including phenoxy) is 1. The third-order valence-electron chi connectivity index (χ3n) is 2.77. The molecule has 2 rings (SSSR count). The Hall–Kier alpha value is -1.46. The number of hydrogen-bond donors (Lipinski definition) is 0. The maximum Gasteiger partial charge on any atom is 0.164 e. The summed E-state index contributed by atoms with van der Waals surface area (Å²) < 4.78 is 20.4. The van der Waals surface area contributed by atoms with Gasteiger partial charge in [0.2, 0.25) is 0 Å². The molecule has 0 aliphatic rings. The molecule has 19 heavy (non-hydrogen) atoms. The largest absolute Gasteiger partial charge is 0.383 e. The predicted molar refractivity (Wildman–Crippen MR) is 71.6 cm³/mol. The van der Waals surface area contributed by atoms with Crippen molar-refractivity contribution in [3.8, 4) is 11.4 Å². The molecule has 0 bridgehead atoms. The zero-order valence-electron chi connectivity index (χ0n) is 10.9. The van der Waals surface area contributed by atoms with E-state index in [1.807, 2.05) is 17.6 Å². The zero-order valence-corrected chi connectivity index (χ0v) is 11.6. The van der Waals surface area contributed by atoms with Crippen molar-refractivity contribution >= 4 is 11.6 Å². The molecule has 0 N–H and O–H groups in total. The molecule has 4 nitrogen and oxygen atoms in total. The number of hydrogen-bond acceptors (Lipinski definition) is 3. The van der Waals surface area contributed by atoms with Gasteiger partial charge in [-0.1, -0.05) is 0 Å². The van der Waals surface area contributed by atoms with Gasteiger partial charge in [-0.25, -0.2) is 4.39 Å². The highest BCUT2D eigenvalue weighted by atomic mass is 35.5. The summed E-state index contributed by atoms with van der Waals surface area (Å²) in [6, 6.07) is 4.79. The molecule has 2 aromatic rings. The predicted octanol–water partition coefficient (Wildman–Crippen LogP) is 2.78. The molecule has 0 atom stereocenters. The van der Waals surface area contributed by atoms with Crippen LogP contribution in [0.2, 0.25) is 0 Å². The second kappa shape index (κ2) is 6.12. The minimum Gasteiger partial charge on any atom is -0.383 e. The van der Waals surface area contributed by atoms with Crippen molar-refractivity contribution in [2.24, 2.45) is 0 Å². The number of aryl methyl sites for hydroxylation is 1. The van der Waals surface area contributed by atoms with Gasteiger partial charge in [-0.15, -0.1) is 21.8 Å². The number of halogens is 2. The maximum atomic E-state index is 13.5. The highest BCUT2D eigenvalue weighted by Gasteiger charge is 2.14. The smallest absolute Gasteiger partial charge is 0.164 e. The van der Waals surface area contributed by atoms with Crippen molar-refractivity contribution < 1.29 is 9.13 Å². The Labute approximate surface area is 116 Å². The lowest BCUT2D eigenvalue weighted by atomic mass is 10.1. The first-order chi connectivity index (χ1) is 9.15. The second-order valence-electron chi connectivity index (χ2n) is 4.24. The number of alkyl halides is 1. The van der Waals surface area contributed by atoms with E-state index in [9.17, 15) is 4.39 Å². The van der Waals surface area contributed by atoms with Gasteiger partial charge in [-0.3, -0.25) is 0 Å². The fourth-order valence-corrected chi connectivity index (χ4v) is 2.13. The van der Waals surface area contributed by atoms with Crippen LogP contribution >= 0.6 is 11.6 Å². The van der Waals surface area contributed by atoms with E-state index in [0.29, 0.717) is 30.4 Å². The van der Waals surface area contributed by atoms with Crippen molar-refractivity contribution in [2.75, 3.05) is 13.7 Å². The standard InChI is InChI=1S/C13H15ClFN3O/c1-9-5-10(7-11(15)6-9)13-17-16-12(8-14)18(13)3-4-19-2/h5-7H,3-4,8H2,1-2H3. The molecule has 0 saturated heterocycles. The van der Waals surface area contributed by atoms with E-state index in [0.717, 1.165) is 5.56 Å². The number of rotatable bonds is 5.